The third-order valence-electron chi connectivity index (χ3n) is 3.66. The Labute approximate surface area is 132 Å². The first-order valence-corrected chi connectivity index (χ1v) is 7.94. The second-order valence-electron chi connectivity index (χ2n) is 5.66. The maximum atomic E-state index is 12.8. The highest BCUT2D eigenvalue weighted by Gasteiger charge is 2.40. The van der Waals surface area contributed by atoms with E-state index in [9.17, 15) is 4.79 Å². The molecular weight excluding hydrogens is 284 g/mol. The fourth-order valence-corrected chi connectivity index (χ4v) is 2.92. The molecule has 0 aliphatic heterocycles. The Bertz CT molecular complexity index is 490. The predicted molar refractivity (Wildman–Crippen MR) is 90.3 cm³/mol. The minimum atomic E-state index is -0.773. The Morgan fingerprint density at radius 3 is 2.43 bits per heavy atom. The minimum absolute atomic E-state index is 0.124. The summed E-state index contributed by atoms with van der Waals surface area (Å²) in [4.78, 5) is 13.1. The van der Waals surface area contributed by atoms with Crippen LogP contribution in [0.25, 0.3) is 0 Å². The molecule has 5 nitrogen and oxygen atoms in total. The lowest BCUT2D eigenvalue weighted by molar-refractivity contribution is -0.122. The number of rotatable bonds is 8. The average molecular weight is 310 g/mol. The molecule has 0 unspecified atom stereocenters. The van der Waals surface area contributed by atoms with Crippen molar-refractivity contribution in [3.8, 4) is 0 Å². The first-order chi connectivity index (χ1) is 9.89. The molecule has 1 rings (SSSR count). The van der Waals surface area contributed by atoms with E-state index >= 15 is 0 Å². The molecule has 1 amide bonds. The molecule has 0 fully saturated rings. The van der Waals surface area contributed by atoms with E-state index in [1.165, 1.54) is 0 Å². The third-order valence-corrected chi connectivity index (χ3v) is 4.05. The van der Waals surface area contributed by atoms with Crippen LogP contribution in [0.1, 0.15) is 59.4 Å². The zero-order valence-corrected chi connectivity index (χ0v) is 14.2. The average Bonchev–Trinajstić information content (AvgIpc) is 2.86. The van der Waals surface area contributed by atoms with E-state index < -0.39 is 5.41 Å². The third kappa shape index (κ3) is 3.81. The van der Waals surface area contributed by atoms with Gasteiger partial charge in [-0.3, -0.25) is 4.79 Å². The van der Waals surface area contributed by atoms with Crippen molar-refractivity contribution in [1.29, 1.82) is 0 Å². The van der Waals surface area contributed by atoms with Crippen LogP contribution >= 0.6 is 12.2 Å². The van der Waals surface area contributed by atoms with Crippen molar-refractivity contribution >= 4 is 28.9 Å². The highest BCUT2D eigenvalue weighted by Crippen LogP contribution is 2.32. The van der Waals surface area contributed by atoms with E-state index in [-0.39, 0.29) is 16.9 Å². The summed E-state index contributed by atoms with van der Waals surface area (Å²) >= 11 is 5.21. The van der Waals surface area contributed by atoms with Crippen molar-refractivity contribution in [2.75, 3.05) is 5.32 Å². The topological polar surface area (TPSA) is 72.9 Å². The van der Waals surface area contributed by atoms with Gasteiger partial charge in [0.1, 0.15) is 5.82 Å². The van der Waals surface area contributed by atoms with E-state index in [1.54, 1.807) is 16.9 Å². The molecule has 1 aromatic rings. The SMILES string of the molecule is CCCC(CCC)(C(=O)Nc1ccnn1C(C)C)C(N)=S. The second kappa shape index (κ2) is 7.54. The van der Waals surface area contributed by atoms with Crippen LogP contribution in [0.2, 0.25) is 0 Å². The van der Waals surface area contributed by atoms with E-state index in [4.69, 9.17) is 18.0 Å². The van der Waals surface area contributed by atoms with E-state index in [0.717, 1.165) is 12.8 Å². The maximum absolute atomic E-state index is 12.8. The van der Waals surface area contributed by atoms with Gasteiger partial charge in [0, 0.05) is 12.1 Å². The summed E-state index contributed by atoms with van der Waals surface area (Å²) in [6, 6.07) is 1.96. The van der Waals surface area contributed by atoms with Crippen molar-refractivity contribution in [3.05, 3.63) is 12.3 Å². The molecule has 0 spiro atoms. The monoisotopic (exact) mass is 310 g/mol. The van der Waals surface area contributed by atoms with Gasteiger partial charge in [0.05, 0.1) is 16.6 Å². The van der Waals surface area contributed by atoms with Crippen LogP contribution in [0.3, 0.4) is 0 Å². The Morgan fingerprint density at radius 1 is 1.43 bits per heavy atom. The lowest BCUT2D eigenvalue weighted by Gasteiger charge is -2.31. The molecule has 0 atom stereocenters. The molecule has 0 saturated carbocycles. The summed E-state index contributed by atoms with van der Waals surface area (Å²) in [5.74, 6) is 0.559. The van der Waals surface area contributed by atoms with Crippen molar-refractivity contribution in [3.63, 3.8) is 0 Å². The van der Waals surface area contributed by atoms with Crippen LogP contribution in [-0.2, 0) is 4.79 Å². The Kier molecular flexibility index (Phi) is 6.33. The molecule has 0 aliphatic carbocycles. The van der Waals surface area contributed by atoms with Crippen LogP contribution < -0.4 is 11.1 Å². The predicted octanol–water partition coefficient (Wildman–Crippen LogP) is 3.28. The van der Waals surface area contributed by atoms with Crippen LogP contribution in [0.15, 0.2) is 12.3 Å². The van der Waals surface area contributed by atoms with Crippen LogP contribution in [0.4, 0.5) is 5.82 Å². The normalized spacial score (nSPS) is 11.7. The van der Waals surface area contributed by atoms with Crippen LogP contribution in [-0.4, -0.2) is 20.7 Å². The molecule has 1 heterocycles. The number of nitrogens with two attached hydrogens (primary N) is 1. The van der Waals surface area contributed by atoms with E-state index in [1.807, 2.05) is 27.7 Å². The summed E-state index contributed by atoms with van der Waals surface area (Å²) in [6.07, 6.45) is 4.72. The van der Waals surface area contributed by atoms with E-state index in [2.05, 4.69) is 10.4 Å². The molecule has 1 aromatic heterocycles. The van der Waals surface area contributed by atoms with Gasteiger partial charge in [0.25, 0.3) is 0 Å². The zero-order valence-electron chi connectivity index (χ0n) is 13.3. The minimum Gasteiger partial charge on any atom is -0.392 e. The number of nitrogens with zero attached hydrogens (tertiary/aromatic N) is 2. The largest absolute Gasteiger partial charge is 0.392 e. The smallest absolute Gasteiger partial charge is 0.238 e. The first kappa shape index (κ1) is 17.6. The lowest BCUT2D eigenvalue weighted by atomic mass is 9.78. The number of thiocarbonyl (C=S) groups is 1. The number of nitrogens with one attached hydrogen (secondary N) is 1. The Hall–Kier alpha value is -1.43. The molecule has 0 saturated heterocycles. The highest BCUT2D eigenvalue weighted by atomic mass is 32.1. The van der Waals surface area contributed by atoms with Gasteiger partial charge in [-0.2, -0.15) is 5.10 Å². The molecule has 0 bridgehead atoms. The number of hydrogen-bond acceptors (Lipinski definition) is 3. The van der Waals surface area contributed by atoms with Gasteiger partial charge < -0.3 is 11.1 Å². The van der Waals surface area contributed by atoms with E-state index in [0.29, 0.717) is 18.7 Å². The summed E-state index contributed by atoms with van der Waals surface area (Å²) in [7, 11) is 0. The number of amides is 1. The summed E-state index contributed by atoms with van der Waals surface area (Å²) in [6.45, 7) is 8.10. The Balaban J connectivity index is 3.05. The van der Waals surface area contributed by atoms with Gasteiger partial charge in [-0.15, -0.1) is 0 Å². The number of carbonyl (C=O) groups excluding carboxylic acids is 1. The number of anilines is 1. The lowest BCUT2D eigenvalue weighted by Crippen LogP contribution is -2.46. The van der Waals surface area contributed by atoms with Gasteiger partial charge in [0.2, 0.25) is 5.91 Å². The standard InChI is InChI=1S/C15H26N4OS/c1-5-8-15(9-6-2,13(16)21)14(20)18-12-7-10-17-19(12)11(3)4/h7,10-11H,5-6,8-9H2,1-4H3,(H2,16,21)(H,18,20). The number of carbonyl (C=O) groups is 1. The molecule has 0 aliphatic rings. The first-order valence-electron chi connectivity index (χ1n) is 7.53. The van der Waals surface area contributed by atoms with Gasteiger partial charge in [-0.05, 0) is 26.7 Å². The maximum Gasteiger partial charge on any atom is 0.238 e. The van der Waals surface area contributed by atoms with Crippen LogP contribution in [0.5, 0.6) is 0 Å². The Morgan fingerprint density at radius 2 is 2.00 bits per heavy atom. The number of hydrogen-bond donors (Lipinski definition) is 2. The second-order valence-corrected chi connectivity index (χ2v) is 6.10. The van der Waals surface area contributed by atoms with Gasteiger partial charge in [-0.1, -0.05) is 38.9 Å². The van der Waals surface area contributed by atoms with Crippen LogP contribution in [0, 0.1) is 5.41 Å². The molecule has 0 aromatic carbocycles. The summed E-state index contributed by atoms with van der Waals surface area (Å²) < 4.78 is 1.78. The van der Waals surface area contributed by atoms with Crippen molar-refractivity contribution < 1.29 is 4.79 Å². The van der Waals surface area contributed by atoms with Gasteiger partial charge in [0.15, 0.2) is 0 Å². The van der Waals surface area contributed by atoms with Gasteiger partial charge >= 0.3 is 0 Å². The molecule has 6 heteroatoms. The molecule has 0 radical (unpaired) electrons. The quantitative estimate of drug-likeness (QED) is 0.723. The number of aromatic nitrogens is 2. The summed E-state index contributed by atoms with van der Waals surface area (Å²) in [5.41, 5.74) is 5.15. The van der Waals surface area contributed by atoms with Crippen molar-refractivity contribution in [2.45, 2.75) is 59.4 Å². The van der Waals surface area contributed by atoms with Crippen molar-refractivity contribution in [1.82, 2.24) is 9.78 Å². The van der Waals surface area contributed by atoms with Gasteiger partial charge in [-0.25, -0.2) is 4.68 Å². The summed E-state index contributed by atoms with van der Waals surface area (Å²) in [5, 5.41) is 7.18. The highest BCUT2D eigenvalue weighted by molar-refractivity contribution is 7.80. The molecule has 118 valence electrons. The fraction of sp³-hybridized carbons (Fsp3) is 0.667. The fourth-order valence-electron chi connectivity index (χ4n) is 2.62. The molecule has 3 N–H and O–H groups in total. The molecular formula is C15H26N4OS. The molecule has 21 heavy (non-hydrogen) atoms. The van der Waals surface area contributed by atoms with Crippen molar-refractivity contribution in [2.24, 2.45) is 11.1 Å². The zero-order chi connectivity index (χ0) is 16.0.